The van der Waals surface area contributed by atoms with E-state index in [0.717, 1.165) is 0 Å². The highest BCUT2D eigenvalue weighted by atomic mass is 32.2. The van der Waals surface area contributed by atoms with Gasteiger partial charge in [0.2, 0.25) is 4.75 Å². The molecule has 8 nitrogen and oxygen atoms in total. The normalized spacial score (nSPS) is 14.0. The Bertz CT molecular complexity index is 625. The summed E-state index contributed by atoms with van der Waals surface area (Å²) in [5, 5.41) is 17.8. The van der Waals surface area contributed by atoms with Gasteiger partial charge in [0.15, 0.2) is 0 Å². The number of carboxylic acid groups (broad SMARTS) is 2. The molecular weight excluding hydrogens is 316 g/mol. The molecule has 1 aromatic rings. The van der Waals surface area contributed by atoms with Crippen molar-refractivity contribution in [2.75, 3.05) is 6.61 Å². The number of hydrogen-bond donors (Lipinski definition) is 3. The van der Waals surface area contributed by atoms with Crippen molar-refractivity contribution in [1.29, 1.82) is 0 Å². The standard InChI is InChI=1S/C13H16O8S/c14-11(15)9-13(12(16)17,22(18,19)20)7-4-8-21-10-5-2-1-3-6-10/h1-3,5-6H,4,7-9H2,(H,14,15)(H,16,17)(H,18,19,20). The van der Waals surface area contributed by atoms with E-state index in [2.05, 4.69) is 0 Å². The Labute approximate surface area is 127 Å². The van der Waals surface area contributed by atoms with Crippen molar-refractivity contribution in [2.45, 2.75) is 24.0 Å². The minimum absolute atomic E-state index is 0.0197. The highest BCUT2D eigenvalue weighted by molar-refractivity contribution is 7.88. The molecule has 0 spiro atoms. The molecule has 0 saturated carbocycles. The van der Waals surface area contributed by atoms with Crippen LogP contribution in [-0.2, 0) is 19.7 Å². The second kappa shape index (κ2) is 7.23. The van der Waals surface area contributed by atoms with Gasteiger partial charge in [-0.1, -0.05) is 18.2 Å². The summed E-state index contributed by atoms with van der Waals surface area (Å²) in [6.07, 6.45) is -1.87. The van der Waals surface area contributed by atoms with Gasteiger partial charge in [-0.2, -0.15) is 8.42 Å². The summed E-state index contributed by atoms with van der Waals surface area (Å²) in [4.78, 5) is 22.0. The Morgan fingerprint density at radius 3 is 2.18 bits per heavy atom. The molecule has 22 heavy (non-hydrogen) atoms. The van der Waals surface area contributed by atoms with E-state index in [4.69, 9.17) is 19.5 Å². The third kappa shape index (κ3) is 4.43. The Morgan fingerprint density at radius 2 is 1.73 bits per heavy atom. The molecule has 0 aliphatic heterocycles. The third-order valence-electron chi connectivity index (χ3n) is 3.06. The number of hydrogen-bond acceptors (Lipinski definition) is 5. The molecule has 0 heterocycles. The van der Waals surface area contributed by atoms with Gasteiger partial charge in [-0.15, -0.1) is 0 Å². The minimum atomic E-state index is -5.10. The molecule has 0 amide bonds. The van der Waals surface area contributed by atoms with Crippen LogP contribution in [0.25, 0.3) is 0 Å². The molecule has 0 aliphatic carbocycles. The van der Waals surface area contributed by atoms with Crippen molar-refractivity contribution < 1.29 is 37.5 Å². The zero-order chi connectivity index (χ0) is 16.8. The van der Waals surface area contributed by atoms with Gasteiger partial charge >= 0.3 is 11.9 Å². The maximum atomic E-state index is 11.4. The Kier molecular flexibility index (Phi) is 5.89. The van der Waals surface area contributed by atoms with Crippen LogP contribution in [0.5, 0.6) is 5.75 Å². The second-order valence-electron chi connectivity index (χ2n) is 4.61. The fourth-order valence-electron chi connectivity index (χ4n) is 1.91. The van der Waals surface area contributed by atoms with E-state index in [1.54, 1.807) is 30.3 Å². The SMILES string of the molecule is O=C(O)CC(CCCOc1ccccc1)(C(=O)O)S(=O)(=O)O. The molecule has 9 heteroatoms. The molecule has 0 radical (unpaired) electrons. The number of carbonyl (C=O) groups is 2. The van der Waals surface area contributed by atoms with Crippen LogP contribution in [0, 0.1) is 0 Å². The predicted molar refractivity (Wildman–Crippen MR) is 75.3 cm³/mol. The van der Waals surface area contributed by atoms with Crippen LogP contribution in [0.1, 0.15) is 19.3 Å². The fourth-order valence-corrected chi connectivity index (χ4v) is 2.84. The second-order valence-corrected chi connectivity index (χ2v) is 6.34. The van der Waals surface area contributed by atoms with Crippen molar-refractivity contribution in [3.8, 4) is 5.75 Å². The summed E-state index contributed by atoms with van der Waals surface area (Å²) in [5.74, 6) is -3.03. The van der Waals surface area contributed by atoms with Crippen molar-refractivity contribution in [1.82, 2.24) is 0 Å². The Balaban J connectivity index is 2.77. The quantitative estimate of drug-likeness (QED) is 0.450. The Hall–Kier alpha value is -2.13. The Morgan fingerprint density at radius 1 is 1.14 bits per heavy atom. The number of rotatable bonds is 9. The average molecular weight is 332 g/mol. The van der Waals surface area contributed by atoms with E-state index in [9.17, 15) is 18.0 Å². The number of para-hydroxylation sites is 1. The summed E-state index contributed by atoms with van der Waals surface area (Å²) in [5.41, 5.74) is 0. The van der Waals surface area contributed by atoms with Gasteiger partial charge in [0.1, 0.15) is 5.75 Å². The molecule has 0 bridgehead atoms. The molecule has 1 atom stereocenters. The zero-order valence-corrected chi connectivity index (χ0v) is 12.3. The van der Waals surface area contributed by atoms with Gasteiger partial charge in [-0.3, -0.25) is 14.1 Å². The number of aliphatic carboxylic acids is 2. The van der Waals surface area contributed by atoms with Gasteiger partial charge in [0.05, 0.1) is 13.0 Å². The molecule has 3 N–H and O–H groups in total. The average Bonchev–Trinajstić information content (AvgIpc) is 2.41. The zero-order valence-electron chi connectivity index (χ0n) is 11.5. The maximum Gasteiger partial charge on any atom is 0.328 e. The van der Waals surface area contributed by atoms with E-state index in [0.29, 0.717) is 5.75 Å². The monoisotopic (exact) mass is 332 g/mol. The van der Waals surface area contributed by atoms with Crippen LogP contribution in [-0.4, -0.2) is 46.5 Å². The van der Waals surface area contributed by atoms with Gasteiger partial charge in [-0.25, -0.2) is 0 Å². The summed E-state index contributed by atoms with van der Waals surface area (Å²) >= 11 is 0. The molecule has 1 unspecified atom stereocenters. The highest BCUT2D eigenvalue weighted by Gasteiger charge is 2.52. The highest BCUT2D eigenvalue weighted by Crippen LogP contribution is 2.28. The lowest BCUT2D eigenvalue weighted by Crippen LogP contribution is -2.48. The molecule has 0 saturated heterocycles. The first-order chi connectivity index (χ1) is 10.2. The molecule has 0 aromatic heterocycles. The van der Waals surface area contributed by atoms with Gasteiger partial charge in [-0.05, 0) is 25.0 Å². The molecular formula is C13H16O8S. The molecule has 122 valence electrons. The molecule has 0 aliphatic rings. The maximum absolute atomic E-state index is 11.4. The van der Waals surface area contributed by atoms with Crippen molar-refractivity contribution in [3.63, 3.8) is 0 Å². The van der Waals surface area contributed by atoms with Crippen LogP contribution in [0.4, 0.5) is 0 Å². The van der Waals surface area contributed by atoms with Crippen molar-refractivity contribution in [2.24, 2.45) is 0 Å². The first kappa shape index (κ1) is 17.9. The third-order valence-corrected chi connectivity index (χ3v) is 4.57. The summed E-state index contributed by atoms with van der Waals surface area (Å²) < 4.78 is 34.4. The number of benzene rings is 1. The predicted octanol–water partition coefficient (Wildman–Crippen LogP) is 1.03. The first-order valence-electron chi connectivity index (χ1n) is 6.29. The van der Waals surface area contributed by atoms with Crippen molar-refractivity contribution in [3.05, 3.63) is 30.3 Å². The van der Waals surface area contributed by atoms with Crippen LogP contribution in [0.15, 0.2) is 30.3 Å². The first-order valence-corrected chi connectivity index (χ1v) is 7.73. The van der Waals surface area contributed by atoms with Gasteiger partial charge in [0.25, 0.3) is 10.1 Å². The lowest BCUT2D eigenvalue weighted by Gasteiger charge is -2.24. The number of ether oxygens (including phenoxy) is 1. The van der Waals surface area contributed by atoms with Gasteiger partial charge in [0, 0.05) is 0 Å². The van der Waals surface area contributed by atoms with E-state index in [1.807, 2.05) is 0 Å². The summed E-state index contributed by atoms with van der Waals surface area (Å²) in [6, 6.07) is 8.53. The van der Waals surface area contributed by atoms with Crippen LogP contribution < -0.4 is 4.74 Å². The summed E-state index contributed by atoms with van der Waals surface area (Å²) in [7, 11) is -5.10. The lowest BCUT2D eigenvalue weighted by molar-refractivity contribution is -0.147. The van der Waals surface area contributed by atoms with E-state index >= 15 is 0 Å². The van der Waals surface area contributed by atoms with E-state index in [1.165, 1.54) is 0 Å². The van der Waals surface area contributed by atoms with E-state index < -0.39 is 39.6 Å². The van der Waals surface area contributed by atoms with Crippen molar-refractivity contribution >= 4 is 22.1 Å². The largest absolute Gasteiger partial charge is 0.494 e. The topological polar surface area (TPSA) is 138 Å². The number of carboxylic acids is 2. The molecule has 0 fully saturated rings. The van der Waals surface area contributed by atoms with Crippen LogP contribution >= 0.6 is 0 Å². The fraction of sp³-hybridized carbons (Fsp3) is 0.385. The lowest BCUT2D eigenvalue weighted by atomic mass is 9.98. The van der Waals surface area contributed by atoms with Crippen LogP contribution in [0.3, 0.4) is 0 Å². The smallest absolute Gasteiger partial charge is 0.328 e. The van der Waals surface area contributed by atoms with Crippen LogP contribution in [0.2, 0.25) is 0 Å². The van der Waals surface area contributed by atoms with E-state index in [-0.39, 0.29) is 13.0 Å². The summed E-state index contributed by atoms with van der Waals surface area (Å²) in [6.45, 7) is -0.0197. The molecule has 1 rings (SSSR count). The molecule has 1 aromatic carbocycles. The van der Waals surface area contributed by atoms with Gasteiger partial charge < -0.3 is 14.9 Å². The minimum Gasteiger partial charge on any atom is -0.494 e.